The molecule has 18 heavy (non-hydrogen) atoms. The van der Waals surface area contributed by atoms with Crippen LogP contribution in [-0.2, 0) is 4.79 Å². The summed E-state index contributed by atoms with van der Waals surface area (Å²) in [6, 6.07) is 6.65. The first-order chi connectivity index (χ1) is 8.67. The van der Waals surface area contributed by atoms with Crippen LogP contribution < -0.4 is 16.4 Å². The minimum Gasteiger partial charge on any atom is -0.349 e. The van der Waals surface area contributed by atoms with Crippen LogP contribution in [-0.4, -0.2) is 24.9 Å². The lowest BCUT2D eigenvalue weighted by Gasteiger charge is -2.06. The molecule has 1 aromatic rings. The van der Waals surface area contributed by atoms with Crippen LogP contribution in [0.25, 0.3) is 0 Å². The van der Waals surface area contributed by atoms with E-state index in [9.17, 15) is 9.59 Å². The van der Waals surface area contributed by atoms with E-state index < -0.39 is 0 Å². The Hall–Kier alpha value is -2.14. The minimum absolute atomic E-state index is 0.138. The quantitative estimate of drug-likeness (QED) is 0.653. The van der Waals surface area contributed by atoms with Crippen LogP contribution in [0.5, 0.6) is 0 Å². The van der Waals surface area contributed by atoms with Crippen LogP contribution in [0.3, 0.4) is 0 Å². The molecule has 96 valence electrons. The molecule has 0 aliphatic heterocycles. The van der Waals surface area contributed by atoms with Gasteiger partial charge in [-0.3, -0.25) is 9.59 Å². The molecule has 1 rings (SSSR count). The second-order valence-electron chi connectivity index (χ2n) is 3.66. The molecule has 0 radical (unpaired) electrons. The van der Waals surface area contributed by atoms with Crippen LogP contribution >= 0.6 is 0 Å². The maximum Gasteiger partial charge on any atom is 0.251 e. The number of amides is 2. The fourth-order valence-electron chi connectivity index (χ4n) is 1.33. The van der Waals surface area contributed by atoms with Gasteiger partial charge in [-0.2, -0.15) is 0 Å². The maximum atomic E-state index is 11.6. The maximum absolute atomic E-state index is 11.6. The summed E-state index contributed by atoms with van der Waals surface area (Å²) in [5.41, 5.74) is 6.45. The van der Waals surface area contributed by atoms with Gasteiger partial charge in [0.15, 0.2) is 0 Å². The Morgan fingerprint density at radius 3 is 2.50 bits per heavy atom. The van der Waals surface area contributed by atoms with Crippen molar-refractivity contribution >= 4 is 17.5 Å². The highest BCUT2D eigenvalue weighted by molar-refractivity contribution is 5.95. The molecule has 0 aromatic heterocycles. The Bertz CT molecular complexity index is 426. The number of rotatable bonds is 6. The van der Waals surface area contributed by atoms with Crippen LogP contribution in [0.4, 0.5) is 5.69 Å². The van der Waals surface area contributed by atoms with Gasteiger partial charge >= 0.3 is 0 Å². The highest BCUT2D eigenvalue weighted by atomic mass is 16.2. The van der Waals surface area contributed by atoms with E-state index in [0.717, 1.165) is 0 Å². The van der Waals surface area contributed by atoms with Crippen LogP contribution in [0.2, 0.25) is 0 Å². The van der Waals surface area contributed by atoms with Gasteiger partial charge in [-0.15, -0.1) is 6.58 Å². The summed E-state index contributed by atoms with van der Waals surface area (Å²) in [6.45, 7) is 4.26. The van der Waals surface area contributed by atoms with Crippen molar-refractivity contribution in [1.82, 2.24) is 5.32 Å². The normalized spacial score (nSPS) is 9.61. The summed E-state index contributed by atoms with van der Waals surface area (Å²) in [7, 11) is 0. The van der Waals surface area contributed by atoms with Crippen LogP contribution in [0, 0.1) is 0 Å². The first-order valence-electron chi connectivity index (χ1n) is 5.66. The first kappa shape index (κ1) is 13.9. The minimum atomic E-state index is -0.172. The van der Waals surface area contributed by atoms with E-state index >= 15 is 0 Å². The van der Waals surface area contributed by atoms with E-state index in [0.29, 0.717) is 24.3 Å². The van der Waals surface area contributed by atoms with E-state index in [1.54, 1.807) is 30.3 Å². The molecule has 0 atom stereocenters. The summed E-state index contributed by atoms with van der Waals surface area (Å²) in [4.78, 5) is 22.9. The van der Waals surface area contributed by atoms with Crippen molar-refractivity contribution < 1.29 is 9.59 Å². The molecule has 0 heterocycles. The topological polar surface area (TPSA) is 84.2 Å². The lowest BCUT2D eigenvalue weighted by molar-refractivity contribution is -0.116. The van der Waals surface area contributed by atoms with Gasteiger partial charge in [0.1, 0.15) is 0 Å². The number of carbonyl (C=O) groups excluding carboxylic acids is 2. The molecule has 0 saturated heterocycles. The largest absolute Gasteiger partial charge is 0.349 e. The fraction of sp³-hybridized carbons (Fsp3) is 0.231. The highest BCUT2D eigenvalue weighted by Crippen LogP contribution is 2.09. The smallest absolute Gasteiger partial charge is 0.251 e. The molecular weight excluding hydrogens is 230 g/mol. The molecule has 5 nitrogen and oxygen atoms in total. The van der Waals surface area contributed by atoms with Crippen LogP contribution in [0.1, 0.15) is 16.8 Å². The number of carbonyl (C=O) groups is 2. The van der Waals surface area contributed by atoms with Crippen molar-refractivity contribution in [2.45, 2.75) is 6.42 Å². The van der Waals surface area contributed by atoms with E-state index in [1.807, 2.05) is 0 Å². The number of hydrogen-bond donors (Lipinski definition) is 3. The zero-order valence-corrected chi connectivity index (χ0v) is 10.1. The van der Waals surface area contributed by atoms with Gasteiger partial charge in [0, 0.05) is 30.8 Å². The van der Waals surface area contributed by atoms with Gasteiger partial charge in [0.05, 0.1) is 0 Å². The molecule has 0 bridgehead atoms. The third-order valence-electron chi connectivity index (χ3n) is 2.21. The number of nitrogens with one attached hydrogen (secondary N) is 2. The molecule has 0 unspecified atom stereocenters. The Kier molecular flexibility index (Phi) is 5.60. The van der Waals surface area contributed by atoms with Crippen molar-refractivity contribution in [3.8, 4) is 0 Å². The second kappa shape index (κ2) is 7.24. The Labute approximate surface area is 106 Å². The van der Waals surface area contributed by atoms with Crippen LogP contribution in [0.15, 0.2) is 36.9 Å². The van der Waals surface area contributed by atoms with Crippen molar-refractivity contribution in [3.05, 3.63) is 42.5 Å². The van der Waals surface area contributed by atoms with Gasteiger partial charge in [-0.25, -0.2) is 0 Å². The summed E-state index contributed by atoms with van der Waals surface area (Å²) < 4.78 is 0. The van der Waals surface area contributed by atoms with E-state index in [1.165, 1.54) is 0 Å². The fourth-order valence-corrected chi connectivity index (χ4v) is 1.33. The summed E-state index contributed by atoms with van der Waals surface area (Å²) in [5.74, 6) is -0.309. The zero-order valence-electron chi connectivity index (χ0n) is 10.1. The standard InChI is InChI=1S/C13H17N3O2/c1-2-9-15-13(18)10-3-5-11(6-4-10)16-12(17)7-8-14/h2-6H,1,7-9,14H2,(H,15,18)(H,16,17). The Balaban J connectivity index is 2.59. The number of benzene rings is 1. The van der Waals surface area contributed by atoms with E-state index in [4.69, 9.17) is 5.73 Å². The number of nitrogens with two attached hydrogens (primary N) is 1. The van der Waals surface area contributed by atoms with Gasteiger partial charge in [-0.1, -0.05) is 6.08 Å². The average Bonchev–Trinajstić information content (AvgIpc) is 2.37. The molecule has 5 heteroatoms. The molecule has 0 aliphatic carbocycles. The molecule has 4 N–H and O–H groups in total. The average molecular weight is 247 g/mol. The Morgan fingerprint density at radius 2 is 1.94 bits per heavy atom. The van der Waals surface area contributed by atoms with Gasteiger partial charge in [-0.05, 0) is 24.3 Å². The zero-order chi connectivity index (χ0) is 13.4. The molecule has 2 amide bonds. The van der Waals surface area contributed by atoms with E-state index in [-0.39, 0.29) is 18.2 Å². The summed E-state index contributed by atoms with van der Waals surface area (Å²) >= 11 is 0. The predicted molar refractivity (Wildman–Crippen MR) is 71.3 cm³/mol. The molecule has 0 spiro atoms. The molecular formula is C13H17N3O2. The third-order valence-corrected chi connectivity index (χ3v) is 2.21. The van der Waals surface area contributed by atoms with Gasteiger partial charge in [0.2, 0.25) is 5.91 Å². The van der Waals surface area contributed by atoms with Gasteiger partial charge < -0.3 is 16.4 Å². The number of hydrogen-bond acceptors (Lipinski definition) is 3. The molecule has 1 aromatic carbocycles. The second-order valence-corrected chi connectivity index (χ2v) is 3.66. The monoisotopic (exact) mass is 247 g/mol. The first-order valence-corrected chi connectivity index (χ1v) is 5.66. The van der Waals surface area contributed by atoms with Crippen molar-refractivity contribution in [2.24, 2.45) is 5.73 Å². The predicted octanol–water partition coefficient (Wildman–Crippen LogP) is 0.890. The van der Waals surface area contributed by atoms with Crippen molar-refractivity contribution in [1.29, 1.82) is 0 Å². The molecule has 0 aliphatic rings. The van der Waals surface area contributed by atoms with Gasteiger partial charge in [0.25, 0.3) is 5.91 Å². The van der Waals surface area contributed by atoms with Crippen molar-refractivity contribution in [2.75, 3.05) is 18.4 Å². The van der Waals surface area contributed by atoms with E-state index in [2.05, 4.69) is 17.2 Å². The Morgan fingerprint density at radius 1 is 1.28 bits per heavy atom. The lowest BCUT2D eigenvalue weighted by atomic mass is 10.2. The summed E-state index contributed by atoms with van der Waals surface area (Å²) in [5, 5.41) is 5.35. The summed E-state index contributed by atoms with van der Waals surface area (Å²) in [6.07, 6.45) is 1.89. The third kappa shape index (κ3) is 4.39. The SMILES string of the molecule is C=CCNC(=O)c1ccc(NC(=O)CCN)cc1. The highest BCUT2D eigenvalue weighted by Gasteiger charge is 2.05. The lowest BCUT2D eigenvalue weighted by Crippen LogP contribution is -2.23. The molecule has 0 fully saturated rings. The molecule has 0 saturated carbocycles. The number of anilines is 1. The van der Waals surface area contributed by atoms with Crippen molar-refractivity contribution in [3.63, 3.8) is 0 Å².